The van der Waals surface area contributed by atoms with Crippen LogP contribution in [0.4, 0.5) is 9.59 Å². The molecule has 0 aliphatic rings. The summed E-state index contributed by atoms with van der Waals surface area (Å²) in [6, 6.07) is 4.49. The molecular weight excluding hydrogens is 410 g/mol. The van der Waals surface area contributed by atoms with Crippen molar-refractivity contribution in [2.24, 2.45) is 0 Å². The predicted molar refractivity (Wildman–Crippen MR) is 113 cm³/mol. The minimum atomic E-state index is -1.90. The topological polar surface area (TPSA) is 99.2 Å². The molecule has 166 valence electrons. The minimum absolute atomic E-state index is 0.125. The molecule has 0 radical (unpaired) electrons. The summed E-state index contributed by atoms with van der Waals surface area (Å²) < 4.78 is 15.2. The van der Waals surface area contributed by atoms with E-state index < -0.39 is 41.2 Å². The molecule has 1 rings (SSSR count). The van der Waals surface area contributed by atoms with Crippen LogP contribution >= 0.6 is 11.8 Å². The Labute approximate surface area is 181 Å². The summed E-state index contributed by atoms with van der Waals surface area (Å²) in [5.41, 5.74) is -1.84. The van der Waals surface area contributed by atoms with Gasteiger partial charge >= 0.3 is 18.2 Å². The predicted octanol–water partition coefficient (Wildman–Crippen LogP) is 4.31. The van der Waals surface area contributed by atoms with Gasteiger partial charge in [-0.15, -0.1) is 11.8 Å². The summed E-state index contributed by atoms with van der Waals surface area (Å²) in [6.07, 6.45) is -0.511. The third-order valence-corrected chi connectivity index (χ3v) is 4.23. The van der Waals surface area contributed by atoms with Crippen LogP contribution in [0.25, 0.3) is 0 Å². The van der Waals surface area contributed by atoms with Gasteiger partial charge in [-0.05, 0) is 59.9 Å². The highest BCUT2D eigenvalue weighted by atomic mass is 32.2. The largest absolute Gasteiger partial charge is 0.467 e. The first kappa shape index (κ1) is 25.5. The standard InChI is InChI=1S/C21H29NO7S/c1-20(2,3)28-18(25)22(19(26)29-21(4,5)6)15(17(24)27-7)16(23)13-9-11-14(30-8)12-10-13/h9-12,15H,1-8H3. The first-order chi connectivity index (χ1) is 13.7. The first-order valence-corrected chi connectivity index (χ1v) is 10.4. The van der Waals surface area contributed by atoms with Gasteiger partial charge in [-0.25, -0.2) is 14.4 Å². The van der Waals surface area contributed by atoms with Crippen LogP contribution in [0.15, 0.2) is 29.2 Å². The maximum Gasteiger partial charge on any atom is 0.421 e. The van der Waals surface area contributed by atoms with Gasteiger partial charge in [-0.3, -0.25) is 4.79 Å². The zero-order valence-electron chi connectivity index (χ0n) is 18.6. The Morgan fingerprint density at radius 3 is 1.63 bits per heavy atom. The molecule has 30 heavy (non-hydrogen) atoms. The molecule has 0 saturated heterocycles. The SMILES string of the molecule is COC(=O)C(C(=O)c1ccc(SC)cc1)N(C(=O)OC(C)(C)C)C(=O)OC(C)(C)C. The molecule has 1 unspecified atom stereocenters. The van der Waals surface area contributed by atoms with E-state index in [-0.39, 0.29) is 5.56 Å². The zero-order valence-corrected chi connectivity index (χ0v) is 19.4. The van der Waals surface area contributed by atoms with Crippen LogP contribution in [0, 0.1) is 0 Å². The molecule has 0 heterocycles. The van der Waals surface area contributed by atoms with Crippen molar-refractivity contribution in [2.45, 2.75) is 63.7 Å². The monoisotopic (exact) mass is 439 g/mol. The van der Waals surface area contributed by atoms with E-state index in [2.05, 4.69) is 0 Å². The number of hydrogen-bond donors (Lipinski definition) is 0. The summed E-state index contributed by atoms with van der Waals surface area (Å²) in [7, 11) is 1.06. The van der Waals surface area contributed by atoms with Gasteiger partial charge in [0.25, 0.3) is 0 Å². The fourth-order valence-corrected chi connectivity index (χ4v) is 2.67. The van der Waals surface area contributed by atoms with Crippen LogP contribution < -0.4 is 0 Å². The Balaban J connectivity index is 3.47. The number of hydrogen-bond acceptors (Lipinski definition) is 8. The van der Waals surface area contributed by atoms with E-state index in [0.717, 1.165) is 12.0 Å². The number of nitrogens with zero attached hydrogens (tertiary/aromatic N) is 1. The molecule has 0 saturated carbocycles. The number of carbonyl (C=O) groups is 4. The molecule has 0 bridgehead atoms. The number of Topliss-reactive ketones (excluding diaryl/α,β-unsaturated/α-hetero) is 1. The van der Waals surface area contributed by atoms with Gasteiger partial charge in [0.15, 0.2) is 5.78 Å². The van der Waals surface area contributed by atoms with Crippen LogP contribution in [-0.2, 0) is 19.0 Å². The summed E-state index contributed by atoms with van der Waals surface area (Å²) in [6.45, 7) is 9.55. The van der Waals surface area contributed by atoms with E-state index in [1.165, 1.54) is 23.9 Å². The number of rotatable bonds is 5. The Bertz CT molecular complexity index is 763. The van der Waals surface area contributed by atoms with Crippen LogP contribution in [-0.4, -0.2) is 59.4 Å². The quantitative estimate of drug-likeness (QED) is 0.220. The van der Waals surface area contributed by atoms with Gasteiger partial charge in [0, 0.05) is 10.5 Å². The van der Waals surface area contributed by atoms with E-state index in [4.69, 9.17) is 14.2 Å². The van der Waals surface area contributed by atoms with Crippen LogP contribution in [0.1, 0.15) is 51.9 Å². The number of carbonyl (C=O) groups excluding carboxylic acids is 4. The van der Waals surface area contributed by atoms with Crippen LogP contribution in [0.3, 0.4) is 0 Å². The number of thioether (sulfide) groups is 1. The second kappa shape index (κ2) is 9.97. The maximum absolute atomic E-state index is 13.2. The van der Waals surface area contributed by atoms with E-state index in [1.807, 2.05) is 6.26 Å². The first-order valence-electron chi connectivity index (χ1n) is 9.21. The van der Waals surface area contributed by atoms with E-state index in [1.54, 1.807) is 53.7 Å². The molecule has 0 aliphatic carbocycles. The number of benzene rings is 1. The van der Waals surface area contributed by atoms with E-state index in [0.29, 0.717) is 4.90 Å². The molecule has 9 heteroatoms. The van der Waals surface area contributed by atoms with Crippen molar-refractivity contribution < 1.29 is 33.4 Å². The Morgan fingerprint density at radius 2 is 1.30 bits per heavy atom. The smallest absolute Gasteiger partial charge is 0.421 e. The second-order valence-electron chi connectivity index (χ2n) is 8.35. The molecule has 0 aromatic heterocycles. The lowest BCUT2D eigenvalue weighted by atomic mass is 10.0. The highest BCUT2D eigenvalue weighted by molar-refractivity contribution is 7.98. The summed E-state index contributed by atoms with van der Waals surface area (Å²) in [4.78, 5) is 52.6. The van der Waals surface area contributed by atoms with Crippen molar-refractivity contribution in [3.8, 4) is 0 Å². The third kappa shape index (κ3) is 7.37. The van der Waals surface area contributed by atoms with E-state index in [9.17, 15) is 19.2 Å². The van der Waals surface area contributed by atoms with Crippen molar-refractivity contribution in [3.05, 3.63) is 29.8 Å². The fraction of sp³-hybridized carbons (Fsp3) is 0.524. The number of ether oxygens (including phenoxy) is 3. The third-order valence-electron chi connectivity index (χ3n) is 3.49. The van der Waals surface area contributed by atoms with Gasteiger partial charge in [-0.2, -0.15) is 4.90 Å². The minimum Gasteiger partial charge on any atom is -0.467 e. The van der Waals surface area contributed by atoms with Gasteiger partial charge in [0.1, 0.15) is 11.2 Å². The zero-order chi connectivity index (χ0) is 23.3. The molecule has 1 atom stereocenters. The van der Waals surface area contributed by atoms with Crippen LogP contribution in [0.2, 0.25) is 0 Å². The number of amides is 2. The fourth-order valence-electron chi connectivity index (χ4n) is 2.26. The van der Waals surface area contributed by atoms with E-state index >= 15 is 0 Å². The molecule has 0 N–H and O–H groups in total. The molecule has 2 amide bonds. The van der Waals surface area contributed by atoms with Crippen LogP contribution in [0.5, 0.6) is 0 Å². The number of imide groups is 1. The summed E-state index contributed by atoms with van der Waals surface area (Å²) >= 11 is 1.48. The van der Waals surface area contributed by atoms with Gasteiger partial charge < -0.3 is 14.2 Å². The van der Waals surface area contributed by atoms with Crippen molar-refractivity contribution in [2.75, 3.05) is 13.4 Å². The van der Waals surface area contributed by atoms with Gasteiger partial charge in [0.2, 0.25) is 6.04 Å². The van der Waals surface area contributed by atoms with Crippen molar-refractivity contribution in [3.63, 3.8) is 0 Å². The van der Waals surface area contributed by atoms with Crippen molar-refractivity contribution in [1.29, 1.82) is 0 Å². The average Bonchev–Trinajstić information content (AvgIpc) is 2.61. The Kier molecular flexibility index (Phi) is 8.47. The van der Waals surface area contributed by atoms with Gasteiger partial charge in [-0.1, -0.05) is 12.1 Å². The summed E-state index contributed by atoms with van der Waals surface area (Å²) in [5, 5.41) is 0. The molecule has 0 aliphatic heterocycles. The molecule has 1 aromatic rings. The average molecular weight is 440 g/mol. The lowest BCUT2D eigenvalue weighted by molar-refractivity contribution is -0.144. The molecule has 1 aromatic carbocycles. The molecule has 8 nitrogen and oxygen atoms in total. The second-order valence-corrected chi connectivity index (χ2v) is 9.23. The normalized spacial score (nSPS) is 12.5. The Hall–Kier alpha value is -2.55. The molecular formula is C21H29NO7S. The summed E-state index contributed by atoms with van der Waals surface area (Å²) in [5.74, 6) is -1.89. The highest BCUT2D eigenvalue weighted by Crippen LogP contribution is 2.21. The number of esters is 1. The lowest BCUT2D eigenvalue weighted by Gasteiger charge is -2.31. The van der Waals surface area contributed by atoms with Crippen molar-refractivity contribution >= 4 is 35.7 Å². The highest BCUT2D eigenvalue weighted by Gasteiger charge is 2.45. The molecule has 0 spiro atoms. The van der Waals surface area contributed by atoms with Gasteiger partial charge in [0.05, 0.1) is 7.11 Å². The number of methoxy groups -OCH3 is 1. The lowest BCUT2D eigenvalue weighted by Crippen LogP contribution is -2.55. The number of ketones is 1. The maximum atomic E-state index is 13.2. The van der Waals surface area contributed by atoms with Crippen molar-refractivity contribution in [1.82, 2.24) is 4.90 Å². The Morgan fingerprint density at radius 1 is 0.867 bits per heavy atom. The molecule has 0 fully saturated rings.